The molecule has 1 aliphatic rings. The lowest BCUT2D eigenvalue weighted by Crippen LogP contribution is -2.32. The van der Waals surface area contributed by atoms with Gasteiger partial charge < -0.3 is 5.32 Å². The van der Waals surface area contributed by atoms with Gasteiger partial charge in [-0.05, 0) is 6.07 Å². The molecule has 1 aromatic rings. The van der Waals surface area contributed by atoms with Crippen LogP contribution >= 0.6 is 0 Å². The zero-order valence-electron chi connectivity index (χ0n) is 9.35. The fourth-order valence-corrected chi connectivity index (χ4v) is 2.62. The molecule has 0 aliphatic carbocycles. The summed E-state index contributed by atoms with van der Waals surface area (Å²) in [6.07, 6.45) is 2.93. The van der Waals surface area contributed by atoms with Gasteiger partial charge in [-0.2, -0.15) is 8.42 Å². The van der Waals surface area contributed by atoms with Gasteiger partial charge >= 0.3 is 0 Å². The number of nitrogens with zero attached hydrogens (tertiary/aromatic N) is 2. The van der Waals surface area contributed by atoms with Crippen molar-refractivity contribution in [2.45, 2.75) is 25.7 Å². The highest BCUT2D eigenvalue weighted by Crippen LogP contribution is 2.30. The topological polar surface area (TPSA) is 71.4 Å². The average Bonchev–Trinajstić information content (AvgIpc) is 2.15. The molecule has 1 aliphatic heterocycles. The first-order chi connectivity index (χ1) is 7.31. The van der Waals surface area contributed by atoms with Crippen molar-refractivity contribution in [2.75, 3.05) is 5.32 Å². The van der Waals surface area contributed by atoms with Crippen LogP contribution in [0.15, 0.2) is 27.8 Å². The number of anilines is 1. The van der Waals surface area contributed by atoms with Crippen molar-refractivity contribution in [3.63, 3.8) is 0 Å². The molecule has 1 N–H and O–H groups in total. The summed E-state index contributed by atoms with van der Waals surface area (Å²) in [6, 6.07) is 1.45. The van der Waals surface area contributed by atoms with E-state index in [4.69, 9.17) is 0 Å². The second-order valence-corrected chi connectivity index (χ2v) is 6.23. The number of aromatic nitrogens is 1. The van der Waals surface area contributed by atoms with Gasteiger partial charge in [-0.1, -0.05) is 20.8 Å². The second kappa shape index (κ2) is 3.28. The van der Waals surface area contributed by atoms with Gasteiger partial charge in [-0.15, -0.1) is 4.40 Å². The molecule has 0 atom stereocenters. The van der Waals surface area contributed by atoms with Crippen LogP contribution in [0.4, 0.5) is 5.69 Å². The molecule has 16 heavy (non-hydrogen) atoms. The molecule has 6 heteroatoms. The first kappa shape index (κ1) is 11.1. The van der Waals surface area contributed by atoms with Crippen molar-refractivity contribution in [1.82, 2.24) is 4.98 Å². The normalized spacial score (nSPS) is 18.3. The third-order valence-corrected chi connectivity index (χ3v) is 3.57. The fraction of sp³-hybridized carbons (Fsp3) is 0.400. The molecule has 0 saturated heterocycles. The number of amidine groups is 1. The lowest BCUT2D eigenvalue weighted by Gasteiger charge is -2.26. The molecule has 0 aromatic carbocycles. The number of fused-ring (bicyclic) bond motifs is 1. The molecule has 0 bridgehead atoms. The Balaban J connectivity index is 2.61. The maximum absolute atomic E-state index is 11.9. The second-order valence-electron chi connectivity index (χ2n) is 4.66. The van der Waals surface area contributed by atoms with Crippen LogP contribution in [0.5, 0.6) is 0 Å². The Morgan fingerprint density at radius 1 is 1.31 bits per heavy atom. The van der Waals surface area contributed by atoms with Gasteiger partial charge in [-0.25, -0.2) is 0 Å². The number of sulfonamides is 1. The lowest BCUT2D eigenvalue weighted by atomic mass is 9.95. The van der Waals surface area contributed by atoms with Gasteiger partial charge in [0.15, 0.2) is 0 Å². The summed E-state index contributed by atoms with van der Waals surface area (Å²) >= 11 is 0. The van der Waals surface area contributed by atoms with Gasteiger partial charge in [0.1, 0.15) is 10.7 Å². The zero-order chi connectivity index (χ0) is 12.0. The monoisotopic (exact) mass is 239 g/mol. The molecule has 0 unspecified atom stereocenters. The summed E-state index contributed by atoms with van der Waals surface area (Å²) in [5.74, 6) is 0.438. The minimum Gasteiger partial charge on any atom is -0.340 e. The Labute approximate surface area is 94.7 Å². The van der Waals surface area contributed by atoms with Crippen LogP contribution in [0, 0.1) is 5.41 Å². The van der Waals surface area contributed by atoms with E-state index in [1.807, 2.05) is 20.8 Å². The third-order valence-electron chi connectivity index (χ3n) is 2.23. The number of hydrogen-bond acceptors (Lipinski definition) is 4. The first-order valence-electron chi connectivity index (χ1n) is 4.87. The average molecular weight is 239 g/mol. The van der Waals surface area contributed by atoms with E-state index in [-0.39, 0.29) is 10.3 Å². The van der Waals surface area contributed by atoms with E-state index < -0.39 is 10.0 Å². The molecule has 2 rings (SSSR count). The van der Waals surface area contributed by atoms with Gasteiger partial charge in [0.2, 0.25) is 0 Å². The van der Waals surface area contributed by atoms with Crippen molar-refractivity contribution in [2.24, 2.45) is 9.81 Å². The summed E-state index contributed by atoms with van der Waals surface area (Å²) in [7, 11) is -3.59. The third kappa shape index (κ3) is 1.80. The van der Waals surface area contributed by atoms with Crippen LogP contribution in [0.3, 0.4) is 0 Å². The zero-order valence-corrected chi connectivity index (χ0v) is 10.2. The van der Waals surface area contributed by atoms with Gasteiger partial charge in [0, 0.05) is 11.6 Å². The van der Waals surface area contributed by atoms with Crippen LogP contribution in [-0.4, -0.2) is 19.2 Å². The predicted molar refractivity (Wildman–Crippen MR) is 61.9 cm³/mol. The molecular weight excluding hydrogens is 226 g/mol. The number of nitrogens with one attached hydrogen (secondary N) is 1. The maximum atomic E-state index is 11.9. The Kier molecular flexibility index (Phi) is 2.27. The standard InChI is InChI=1S/C10H13N3O2S/c1-10(2,3)9-12-7-6-11-5-4-8(7)16(14,15)13-9/h4-6H,1-3H3,(H,12,13). The van der Waals surface area contributed by atoms with E-state index in [0.717, 1.165) is 0 Å². The molecule has 0 saturated carbocycles. The van der Waals surface area contributed by atoms with Crippen molar-refractivity contribution in [3.05, 3.63) is 18.5 Å². The summed E-state index contributed by atoms with van der Waals surface area (Å²) in [5, 5.41) is 3.00. The van der Waals surface area contributed by atoms with Crippen LogP contribution in [0.2, 0.25) is 0 Å². The van der Waals surface area contributed by atoms with Crippen molar-refractivity contribution in [3.8, 4) is 0 Å². The largest absolute Gasteiger partial charge is 0.340 e. The highest BCUT2D eigenvalue weighted by molar-refractivity contribution is 7.90. The van der Waals surface area contributed by atoms with Crippen molar-refractivity contribution in [1.29, 1.82) is 0 Å². The first-order valence-corrected chi connectivity index (χ1v) is 6.31. The predicted octanol–water partition coefficient (Wildman–Crippen LogP) is 1.64. The molecule has 86 valence electrons. The molecule has 2 heterocycles. The van der Waals surface area contributed by atoms with Gasteiger partial charge in [0.25, 0.3) is 10.0 Å². The van der Waals surface area contributed by atoms with E-state index >= 15 is 0 Å². The molecule has 1 aromatic heterocycles. The highest BCUT2D eigenvalue weighted by Gasteiger charge is 2.30. The van der Waals surface area contributed by atoms with Gasteiger partial charge in [0.05, 0.1) is 11.9 Å². The van der Waals surface area contributed by atoms with E-state index in [2.05, 4.69) is 14.7 Å². The molecule has 0 radical (unpaired) electrons. The molecule has 5 nitrogen and oxygen atoms in total. The molecular formula is C10H13N3O2S. The number of rotatable bonds is 0. The van der Waals surface area contributed by atoms with E-state index in [0.29, 0.717) is 11.5 Å². The summed E-state index contributed by atoms with van der Waals surface area (Å²) in [5.41, 5.74) is 0.142. The SMILES string of the molecule is CC(C)(C)C1=NS(=O)(=O)c2ccncc2N1. The number of hydrogen-bond donors (Lipinski definition) is 1. The maximum Gasteiger partial charge on any atom is 0.286 e. The van der Waals surface area contributed by atoms with Crippen LogP contribution < -0.4 is 5.32 Å². The Hall–Kier alpha value is -1.43. The van der Waals surface area contributed by atoms with Crippen LogP contribution in [0.1, 0.15) is 20.8 Å². The minimum absolute atomic E-state index is 0.176. The summed E-state index contributed by atoms with van der Waals surface area (Å²) < 4.78 is 27.5. The van der Waals surface area contributed by atoms with Crippen LogP contribution in [0.25, 0.3) is 0 Å². The molecule has 0 amide bonds. The quantitative estimate of drug-likeness (QED) is 0.747. The minimum atomic E-state index is -3.59. The fourth-order valence-electron chi connectivity index (χ4n) is 1.34. The van der Waals surface area contributed by atoms with E-state index in [1.165, 1.54) is 18.5 Å². The number of pyridine rings is 1. The summed E-state index contributed by atoms with van der Waals surface area (Å²) in [4.78, 5) is 4.07. The van der Waals surface area contributed by atoms with E-state index in [1.54, 1.807) is 0 Å². The molecule has 0 fully saturated rings. The van der Waals surface area contributed by atoms with Crippen LogP contribution in [-0.2, 0) is 10.0 Å². The van der Waals surface area contributed by atoms with Crippen molar-refractivity contribution < 1.29 is 8.42 Å². The smallest absolute Gasteiger partial charge is 0.286 e. The lowest BCUT2D eigenvalue weighted by molar-refractivity contribution is 0.577. The van der Waals surface area contributed by atoms with Crippen molar-refractivity contribution >= 4 is 21.5 Å². The van der Waals surface area contributed by atoms with E-state index in [9.17, 15) is 8.42 Å². The molecule has 0 spiro atoms. The Morgan fingerprint density at radius 3 is 2.62 bits per heavy atom. The Bertz CT molecular complexity index is 556. The highest BCUT2D eigenvalue weighted by atomic mass is 32.2. The summed E-state index contributed by atoms with van der Waals surface area (Å²) in [6.45, 7) is 5.70. The van der Waals surface area contributed by atoms with Gasteiger partial charge in [-0.3, -0.25) is 4.98 Å². The Morgan fingerprint density at radius 2 is 2.00 bits per heavy atom.